The van der Waals surface area contributed by atoms with Crippen molar-refractivity contribution >= 4 is 35.6 Å². The Morgan fingerprint density at radius 2 is 2.14 bits per heavy atom. The lowest BCUT2D eigenvalue weighted by Crippen LogP contribution is -2.47. The molecule has 0 spiro atoms. The van der Waals surface area contributed by atoms with Crippen LogP contribution in [0.25, 0.3) is 0 Å². The number of carbonyl (C=O) groups excluding carboxylic acids is 1. The van der Waals surface area contributed by atoms with Gasteiger partial charge in [0.25, 0.3) is 0 Å². The van der Waals surface area contributed by atoms with E-state index >= 15 is 0 Å². The molecule has 0 radical (unpaired) electrons. The molecule has 3 N–H and O–H groups in total. The van der Waals surface area contributed by atoms with Crippen LogP contribution < -0.4 is 11.1 Å². The second-order valence-corrected chi connectivity index (χ2v) is 6.25. The zero-order chi connectivity index (χ0) is 15.4. The first-order valence-corrected chi connectivity index (χ1v) is 7.89. The van der Waals surface area contributed by atoms with Crippen molar-refractivity contribution in [1.29, 1.82) is 0 Å². The second kappa shape index (κ2) is 8.73. The van der Waals surface area contributed by atoms with Gasteiger partial charge >= 0.3 is 0 Å². The summed E-state index contributed by atoms with van der Waals surface area (Å²) in [5.41, 5.74) is 8.59. The van der Waals surface area contributed by atoms with Crippen molar-refractivity contribution in [1.82, 2.24) is 4.90 Å². The monoisotopic (exact) mass is 345 g/mol. The molecule has 1 saturated heterocycles. The van der Waals surface area contributed by atoms with Crippen LogP contribution in [0.15, 0.2) is 12.1 Å². The largest absolute Gasteiger partial charge is 0.329 e. The zero-order valence-corrected chi connectivity index (χ0v) is 14.8. The van der Waals surface area contributed by atoms with E-state index in [1.807, 2.05) is 26.0 Å². The molecule has 1 aliphatic rings. The Kier molecular flexibility index (Phi) is 7.63. The molecule has 0 aromatic heterocycles. The van der Waals surface area contributed by atoms with E-state index in [0.29, 0.717) is 29.8 Å². The zero-order valence-electron chi connectivity index (χ0n) is 13.2. The van der Waals surface area contributed by atoms with Gasteiger partial charge in [0.15, 0.2) is 0 Å². The van der Waals surface area contributed by atoms with E-state index in [1.54, 1.807) is 0 Å². The second-order valence-electron chi connectivity index (χ2n) is 5.84. The van der Waals surface area contributed by atoms with Crippen molar-refractivity contribution in [3.05, 3.63) is 28.3 Å². The number of halogens is 2. The average Bonchev–Trinajstić information content (AvgIpc) is 2.43. The summed E-state index contributed by atoms with van der Waals surface area (Å²) in [5.74, 6) is -0.0239. The van der Waals surface area contributed by atoms with Gasteiger partial charge in [-0.3, -0.25) is 9.69 Å². The molecule has 6 heteroatoms. The van der Waals surface area contributed by atoms with Gasteiger partial charge in [0.1, 0.15) is 0 Å². The Morgan fingerprint density at radius 1 is 1.41 bits per heavy atom. The predicted molar refractivity (Wildman–Crippen MR) is 95.1 cm³/mol. The van der Waals surface area contributed by atoms with Gasteiger partial charge in [-0.2, -0.15) is 0 Å². The Labute approximate surface area is 143 Å². The number of amides is 1. The smallest absolute Gasteiger partial charge is 0.238 e. The molecule has 1 aliphatic heterocycles. The number of nitrogens with zero attached hydrogens (tertiary/aromatic N) is 1. The SMILES string of the molecule is Cc1cc(C)c(NC(=O)CN2CCCCC2CN)c(Cl)c1.Cl. The summed E-state index contributed by atoms with van der Waals surface area (Å²) in [6.45, 7) is 5.88. The maximum absolute atomic E-state index is 12.3. The molecule has 1 amide bonds. The van der Waals surface area contributed by atoms with Gasteiger partial charge in [0, 0.05) is 12.6 Å². The highest BCUT2D eigenvalue weighted by Crippen LogP contribution is 2.27. The summed E-state index contributed by atoms with van der Waals surface area (Å²) in [7, 11) is 0. The number of nitrogens with two attached hydrogens (primary N) is 1. The lowest BCUT2D eigenvalue weighted by molar-refractivity contribution is -0.118. The maximum Gasteiger partial charge on any atom is 0.238 e. The molecule has 1 atom stereocenters. The lowest BCUT2D eigenvalue weighted by atomic mass is 10.0. The molecule has 124 valence electrons. The van der Waals surface area contributed by atoms with E-state index in [1.165, 1.54) is 6.42 Å². The van der Waals surface area contributed by atoms with Crippen molar-refractivity contribution < 1.29 is 4.79 Å². The van der Waals surface area contributed by atoms with Crippen LogP contribution in [-0.4, -0.2) is 36.5 Å². The number of benzene rings is 1. The van der Waals surface area contributed by atoms with Crippen LogP contribution in [0.4, 0.5) is 5.69 Å². The van der Waals surface area contributed by atoms with Crippen LogP contribution in [0.2, 0.25) is 5.02 Å². The van der Waals surface area contributed by atoms with Crippen LogP contribution in [0, 0.1) is 13.8 Å². The van der Waals surface area contributed by atoms with Crippen molar-refractivity contribution in [2.45, 2.75) is 39.2 Å². The molecular weight excluding hydrogens is 321 g/mol. The molecule has 22 heavy (non-hydrogen) atoms. The van der Waals surface area contributed by atoms with Gasteiger partial charge < -0.3 is 11.1 Å². The predicted octanol–water partition coefficient (Wildman–Crippen LogP) is 3.13. The molecule has 1 unspecified atom stereocenters. The summed E-state index contributed by atoms with van der Waals surface area (Å²) in [4.78, 5) is 14.5. The third kappa shape index (κ3) is 4.85. The normalized spacial score (nSPS) is 18.6. The molecule has 0 aliphatic carbocycles. The first-order valence-electron chi connectivity index (χ1n) is 7.52. The first kappa shape index (κ1) is 19.2. The number of hydrogen-bond acceptors (Lipinski definition) is 3. The van der Waals surface area contributed by atoms with Crippen LogP contribution in [0.3, 0.4) is 0 Å². The number of carbonyl (C=O) groups is 1. The maximum atomic E-state index is 12.3. The van der Waals surface area contributed by atoms with Crippen LogP contribution in [0.5, 0.6) is 0 Å². The molecule has 1 aromatic rings. The van der Waals surface area contributed by atoms with Gasteiger partial charge in [-0.15, -0.1) is 12.4 Å². The fraction of sp³-hybridized carbons (Fsp3) is 0.562. The van der Waals surface area contributed by atoms with E-state index in [9.17, 15) is 4.79 Å². The fourth-order valence-corrected chi connectivity index (χ4v) is 3.34. The first-order chi connectivity index (χ1) is 10.0. The van der Waals surface area contributed by atoms with Crippen LogP contribution in [-0.2, 0) is 4.79 Å². The minimum atomic E-state index is -0.0239. The van der Waals surface area contributed by atoms with E-state index in [0.717, 1.165) is 30.5 Å². The summed E-state index contributed by atoms with van der Waals surface area (Å²) in [5, 5.41) is 3.54. The summed E-state index contributed by atoms with van der Waals surface area (Å²) in [6.07, 6.45) is 3.41. The standard InChI is InChI=1S/C16H24ClN3O.ClH/c1-11-7-12(2)16(14(17)8-11)19-15(21)10-20-6-4-3-5-13(20)9-18;/h7-8,13H,3-6,9-10,18H2,1-2H3,(H,19,21);1H. The van der Waals surface area contributed by atoms with Crippen LogP contribution in [0.1, 0.15) is 30.4 Å². The van der Waals surface area contributed by atoms with Crippen LogP contribution >= 0.6 is 24.0 Å². The van der Waals surface area contributed by atoms with Gasteiger partial charge in [0.2, 0.25) is 5.91 Å². The molecule has 1 aromatic carbocycles. The average molecular weight is 346 g/mol. The summed E-state index contributed by atoms with van der Waals surface area (Å²) in [6, 6.07) is 4.21. The van der Waals surface area contributed by atoms with E-state index < -0.39 is 0 Å². The van der Waals surface area contributed by atoms with Gasteiger partial charge in [-0.25, -0.2) is 0 Å². The van der Waals surface area contributed by atoms with Crippen molar-refractivity contribution in [2.75, 3.05) is 25.0 Å². The van der Waals surface area contributed by atoms with Gasteiger partial charge in [-0.05, 0) is 50.4 Å². The number of aryl methyl sites for hydroxylation is 2. The highest BCUT2D eigenvalue weighted by atomic mass is 35.5. The number of anilines is 1. The van der Waals surface area contributed by atoms with E-state index in [2.05, 4.69) is 10.2 Å². The fourth-order valence-electron chi connectivity index (χ4n) is 2.97. The number of hydrogen-bond donors (Lipinski definition) is 2. The minimum Gasteiger partial charge on any atom is -0.329 e. The number of piperidine rings is 1. The minimum absolute atomic E-state index is 0. The Bertz CT molecular complexity index is 499. The molecule has 4 nitrogen and oxygen atoms in total. The van der Waals surface area contributed by atoms with E-state index in [-0.39, 0.29) is 18.3 Å². The molecule has 0 bridgehead atoms. The van der Waals surface area contributed by atoms with Gasteiger partial charge in [0.05, 0.1) is 17.3 Å². The third-order valence-corrected chi connectivity index (χ3v) is 4.36. The van der Waals surface area contributed by atoms with E-state index in [4.69, 9.17) is 17.3 Å². The molecule has 0 saturated carbocycles. The van der Waals surface area contributed by atoms with Crippen molar-refractivity contribution in [3.63, 3.8) is 0 Å². The number of likely N-dealkylation sites (tertiary alicyclic amines) is 1. The topological polar surface area (TPSA) is 58.4 Å². The molecule has 1 heterocycles. The van der Waals surface area contributed by atoms with Crippen molar-refractivity contribution in [3.8, 4) is 0 Å². The molecular formula is C16H25Cl2N3O. The summed E-state index contributed by atoms with van der Waals surface area (Å²) >= 11 is 6.23. The number of nitrogens with one attached hydrogen (secondary N) is 1. The molecule has 2 rings (SSSR count). The third-order valence-electron chi connectivity index (χ3n) is 4.06. The van der Waals surface area contributed by atoms with Gasteiger partial charge in [-0.1, -0.05) is 24.1 Å². The Balaban J connectivity index is 0.00000242. The quantitative estimate of drug-likeness (QED) is 0.881. The highest BCUT2D eigenvalue weighted by Gasteiger charge is 2.23. The molecule has 1 fully saturated rings. The van der Waals surface area contributed by atoms with Crippen molar-refractivity contribution in [2.24, 2.45) is 5.73 Å². The summed E-state index contributed by atoms with van der Waals surface area (Å²) < 4.78 is 0. The number of rotatable bonds is 4. The highest BCUT2D eigenvalue weighted by molar-refractivity contribution is 6.34. The Morgan fingerprint density at radius 3 is 2.77 bits per heavy atom. The Hall–Kier alpha value is -0.810. The lowest BCUT2D eigenvalue weighted by Gasteiger charge is -2.34.